The van der Waals surface area contributed by atoms with E-state index in [9.17, 15) is 13.6 Å². The zero-order chi connectivity index (χ0) is 14.0. The molecule has 1 aromatic carbocycles. The quantitative estimate of drug-likeness (QED) is 0.823. The number of rotatable bonds is 3. The van der Waals surface area contributed by atoms with Crippen molar-refractivity contribution in [2.24, 2.45) is 7.05 Å². The molecule has 2 aromatic rings. The molecular formula is C11H11F2N5O. The molecule has 1 aromatic heterocycles. The molecule has 0 saturated heterocycles. The Balaban J connectivity index is 2.15. The zero-order valence-corrected chi connectivity index (χ0v) is 10.3. The topological polar surface area (TPSA) is 63.9 Å². The van der Waals surface area contributed by atoms with Crippen molar-refractivity contribution in [3.63, 3.8) is 0 Å². The van der Waals surface area contributed by atoms with Crippen LogP contribution in [0.15, 0.2) is 18.2 Å². The number of halogens is 2. The summed E-state index contributed by atoms with van der Waals surface area (Å²) in [7, 11) is 3.17. The lowest BCUT2D eigenvalue weighted by Gasteiger charge is -2.16. The van der Waals surface area contributed by atoms with Crippen molar-refractivity contribution < 1.29 is 13.6 Å². The summed E-state index contributed by atoms with van der Waals surface area (Å²) < 4.78 is 27.3. The summed E-state index contributed by atoms with van der Waals surface area (Å²) in [4.78, 5) is 13.3. The molecule has 0 fully saturated rings. The number of aromatic nitrogens is 4. The van der Waals surface area contributed by atoms with Crippen LogP contribution in [0.25, 0.3) is 0 Å². The number of benzene rings is 1. The highest BCUT2D eigenvalue weighted by atomic mass is 19.2. The summed E-state index contributed by atoms with van der Waals surface area (Å²) >= 11 is 0. The smallest absolute Gasteiger partial charge is 0.254 e. The van der Waals surface area contributed by atoms with Gasteiger partial charge in [-0.15, -0.1) is 5.10 Å². The van der Waals surface area contributed by atoms with Gasteiger partial charge in [0.1, 0.15) is 0 Å². The van der Waals surface area contributed by atoms with Crippen LogP contribution in [-0.4, -0.2) is 38.1 Å². The highest BCUT2D eigenvalue weighted by Crippen LogP contribution is 2.11. The molecule has 0 aliphatic rings. The third-order valence-electron chi connectivity index (χ3n) is 2.60. The van der Waals surface area contributed by atoms with Crippen LogP contribution in [0.2, 0.25) is 0 Å². The van der Waals surface area contributed by atoms with Crippen LogP contribution in [0.3, 0.4) is 0 Å². The van der Waals surface area contributed by atoms with Crippen molar-refractivity contribution in [1.82, 2.24) is 25.1 Å². The molecule has 0 saturated carbocycles. The van der Waals surface area contributed by atoms with Crippen molar-refractivity contribution in [3.8, 4) is 0 Å². The zero-order valence-electron chi connectivity index (χ0n) is 10.3. The minimum Gasteiger partial charge on any atom is -0.334 e. The lowest BCUT2D eigenvalue weighted by atomic mass is 10.2. The van der Waals surface area contributed by atoms with Crippen molar-refractivity contribution in [1.29, 1.82) is 0 Å². The number of carbonyl (C=O) groups is 1. The van der Waals surface area contributed by atoms with Crippen LogP contribution in [-0.2, 0) is 13.6 Å². The second kappa shape index (κ2) is 5.09. The van der Waals surface area contributed by atoms with Crippen LogP contribution in [0.1, 0.15) is 16.2 Å². The van der Waals surface area contributed by atoms with E-state index in [0.29, 0.717) is 5.82 Å². The van der Waals surface area contributed by atoms with E-state index in [0.717, 1.165) is 12.1 Å². The number of aryl methyl sites for hydroxylation is 1. The maximum Gasteiger partial charge on any atom is 0.254 e. The maximum absolute atomic E-state index is 13.1. The molecule has 0 unspecified atom stereocenters. The molecule has 0 bridgehead atoms. The Bertz CT molecular complexity index is 613. The van der Waals surface area contributed by atoms with E-state index in [2.05, 4.69) is 15.5 Å². The van der Waals surface area contributed by atoms with E-state index in [1.165, 1.54) is 22.7 Å². The van der Waals surface area contributed by atoms with Gasteiger partial charge in [0.15, 0.2) is 17.5 Å². The minimum atomic E-state index is -1.06. The lowest BCUT2D eigenvalue weighted by Crippen LogP contribution is -2.27. The van der Waals surface area contributed by atoms with E-state index < -0.39 is 17.5 Å². The van der Waals surface area contributed by atoms with Crippen molar-refractivity contribution in [2.75, 3.05) is 7.05 Å². The summed E-state index contributed by atoms with van der Waals surface area (Å²) in [5, 5.41) is 10.8. The molecule has 6 nitrogen and oxygen atoms in total. The van der Waals surface area contributed by atoms with Gasteiger partial charge in [-0.25, -0.2) is 13.5 Å². The summed E-state index contributed by atoms with van der Waals surface area (Å²) in [5.74, 6) is -2.00. The average molecular weight is 267 g/mol. The number of hydrogen-bond donors (Lipinski definition) is 0. The predicted octanol–water partition coefficient (Wildman–Crippen LogP) is 0.760. The molecule has 0 radical (unpaired) electrons. The Labute approximate surface area is 107 Å². The van der Waals surface area contributed by atoms with Gasteiger partial charge >= 0.3 is 0 Å². The van der Waals surface area contributed by atoms with E-state index >= 15 is 0 Å². The van der Waals surface area contributed by atoms with E-state index in [1.807, 2.05) is 0 Å². The van der Waals surface area contributed by atoms with Gasteiger partial charge in [-0.3, -0.25) is 4.79 Å². The molecule has 0 atom stereocenters. The predicted molar refractivity (Wildman–Crippen MR) is 61.0 cm³/mol. The fraction of sp³-hybridized carbons (Fsp3) is 0.273. The molecule has 1 amide bonds. The Morgan fingerprint density at radius 3 is 2.68 bits per heavy atom. The Morgan fingerprint density at radius 1 is 1.37 bits per heavy atom. The summed E-state index contributed by atoms with van der Waals surface area (Å²) in [6.07, 6.45) is 0. The van der Waals surface area contributed by atoms with E-state index in [-0.39, 0.29) is 12.1 Å². The molecule has 1 heterocycles. The third kappa shape index (κ3) is 2.72. The normalized spacial score (nSPS) is 10.5. The molecule has 8 heteroatoms. The molecule has 0 aliphatic heterocycles. The van der Waals surface area contributed by atoms with Crippen molar-refractivity contribution in [3.05, 3.63) is 41.2 Å². The molecule has 0 N–H and O–H groups in total. The first kappa shape index (κ1) is 13.1. The fourth-order valence-electron chi connectivity index (χ4n) is 1.52. The average Bonchev–Trinajstić information content (AvgIpc) is 2.77. The fourth-order valence-corrected chi connectivity index (χ4v) is 1.52. The van der Waals surface area contributed by atoms with Crippen molar-refractivity contribution >= 4 is 5.91 Å². The van der Waals surface area contributed by atoms with Crippen LogP contribution in [0.5, 0.6) is 0 Å². The Morgan fingerprint density at radius 2 is 2.11 bits per heavy atom. The minimum absolute atomic E-state index is 0.0662. The van der Waals surface area contributed by atoms with Gasteiger partial charge in [0.25, 0.3) is 5.91 Å². The highest BCUT2D eigenvalue weighted by molar-refractivity contribution is 5.93. The first-order valence-electron chi connectivity index (χ1n) is 5.41. The van der Waals surface area contributed by atoms with Crippen LogP contribution >= 0.6 is 0 Å². The molecule has 0 aliphatic carbocycles. The summed E-state index contributed by atoms with van der Waals surface area (Å²) in [6.45, 7) is 0.168. The number of hydrogen-bond acceptors (Lipinski definition) is 4. The van der Waals surface area contributed by atoms with Crippen LogP contribution < -0.4 is 0 Å². The third-order valence-corrected chi connectivity index (χ3v) is 2.60. The molecule has 0 spiro atoms. The van der Waals surface area contributed by atoms with Gasteiger partial charge in [-0.2, -0.15) is 0 Å². The monoisotopic (exact) mass is 267 g/mol. The van der Waals surface area contributed by atoms with E-state index in [4.69, 9.17) is 0 Å². The molecule has 2 rings (SSSR count). The Kier molecular flexibility index (Phi) is 3.50. The SMILES string of the molecule is CN(Cc1nnnn1C)C(=O)c1ccc(F)c(F)c1. The molecule has 100 valence electrons. The Hall–Kier alpha value is -2.38. The maximum atomic E-state index is 13.1. The second-order valence-electron chi connectivity index (χ2n) is 4.01. The summed E-state index contributed by atoms with van der Waals surface area (Å²) in [5.41, 5.74) is 0.0662. The second-order valence-corrected chi connectivity index (χ2v) is 4.01. The van der Waals surface area contributed by atoms with E-state index in [1.54, 1.807) is 7.05 Å². The number of amides is 1. The van der Waals surface area contributed by atoms with Crippen LogP contribution in [0, 0.1) is 11.6 Å². The van der Waals surface area contributed by atoms with Crippen LogP contribution in [0.4, 0.5) is 8.78 Å². The van der Waals surface area contributed by atoms with Gasteiger partial charge in [-0.1, -0.05) is 0 Å². The molecular weight excluding hydrogens is 256 g/mol. The standard InChI is InChI=1S/C11H11F2N5O/c1-17(6-10-14-15-16-18(10)2)11(19)7-3-4-8(12)9(13)5-7/h3-5H,6H2,1-2H3. The largest absolute Gasteiger partial charge is 0.334 e. The first-order chi connectivity index (χ1) is 8.99. The van der Waals surface area contributed by atoms with Gasteiger partial charge in [0, 0.05) is 19.7 Å². The first-order valence-corrected chi connectivity index (χ1v) is 5.41. The molecule has 19 heavy (non-hydrogen) atoms. The van der Waals surface area contributed by atoms with Gasteiger partial charge in [-0.05, 0) is 28.6 Å². The lowest BCUT2D eigenvalue weighted by molar-refractivity contribution is 0.0779. The van der Waals surface area contributed by atoms with Gasteiger partial charge in [0.2, 0.25) is 0 Å². The number of tetrazole rings is 1. The summed E-state index contributed by atoms with van der Waals surface area (Å²) in [6, 6.07) is 3.01. The number of carbonyl (C=O) groups excluding carboxylic acids is 1. The number of nitrogens with zero attached hydrogens (tertiary/aromatic N) is 5. The van der Waals surface area contributed by atoms with Crippen molar-refractivity contribution in [2.45, 2.75) is 6.54 Å². The van der Waals surface area contributed by atoms with Gasteiger partial charge in [0.05, 0.1) is 6.54 Å². The highest BCUT2D eigenvalue weighted by Gasteiger charge is 2.16. The van der Waals surface area contributed by atoms with Gasteiger partial charge < -0.3 is 4.90 Å².